The number of imide groups is 2. The highest BCUT2D eigenvalue weighted by atomic mass is 16.6. The fourth-order valence-electron chi connectivity index (χ4n) is 10.1. The lowest BCUT2D eigenvalue weighted by atomic mass is 9.86. The number of benzene rings is 5. The molecule has 0 N–H and O–H groups in total. The van der Waals surface area contributed by atoms with Crippen LogP contribution in [0.1, 0.15) is 62.1 Å². The first-order valence-electron chi connectivity index (χ1n) is 31.9. The predicted octanol–water partition coefficient (Wildman–Crippen LogP) is 5.72. The van der Waals surface area contributed by atoms with Gasteiger partial charge >= 0.3 is 11.9 Å². The number of nitrogens with zero attached hydrogens (tertiary/aromatic N) is 3. The summed E-state index contributed by atoms with van der Waals surface area (Å²) in [6.45, 7) is 7.43. The van der Waals surface area contributed by atoms with Crippen molar-refractivity contribution in [1.29, 1.82) is 0 Å². The second-order valence-corrected chi connectivity index (χ2v) is 21.2. The van der Waals surface area contributed by atoms with E-state index >= 15 is 0 Å². The number of esters is 2. The zero-order valence-corrected chi connectivity index (χ0v) is 53.6. The maximum absolute atomic E-state index is 13.8. The minimum absolute atomic E-state index is 0.0236. The molecule has 516 valence electrons. The standard InChI is InChI=1S/C69H81N3O24/c73-64-56-9-11-58-63-59(12-10-57(62(56)63)65(74)71(64)14-16-79-18-20-81-26-32-89-38-44-95-68(77)50-4-3-13-70-49-50)67(76)72(66(58)75)15-17-80-19-21-82-27-33-90-39-45-96-69(78)51-46-52-48-53(47-51)92-41-35-86-29-23-84-25-31-88-37-43-94-61-8-2-6-55-54(61)5-1-7-60(55)93-42-36-87-30-24-83-22-28-85-34-40-91-52/h1-13,46-49H,14-45H2. The summed E-state index contributed by atoms with van der Waals surface area (Å²) in [6.07, 6.45) is 2.99. The molecule has 6 bridgehead atoms. The summed E-state index contributed by atoms with van der Waals surface area (Å²) < 4.78 is 102. The summed E-state index contributed by atoms with van der Waals surface area (Å²) >= 11 is 0. The Morgan fingerprint density at radius 1 is 0.354 bits per heavy atom. The number of rotatable bonds is 26. The zero-order chi connectivity index (χ0) is 66.8. The number of amides is 4. The topological polar surface area (TPSA) is 288 Å². The van der Waals surface area contributed by atoms with Gasteiger partial charge in [0.2, 0.25) is 0 Å². The van der Waals surface area contributed by atoms with Crippen LogP contribution < -0.4 is 18.9 Å². The van der Waals surface area contributed by atoms with Crippen LogP contribution in [0.5, 0.6) is 23.0 Å². The van der Waals surface area contributed by atoms with E-state index in [0.29, 0.717) is 96.3 Å². The van der Waals surface area contributed by atoms with Crippen LogP contribution in [0.15, 0.2) is 103 Å². The van der Waals surface area contributed by atoms with Crippen molar-refractivity contribution in [2.45, 2.75) is 0 Å². The van der Waals surface area contributed by atoms with E-state index in [-0.39, 0.29) is 171 Å². The Labute approximate surface area is 555 Å². The Morgan fingerprint density at radius 3 is 1.05 bits per heavy atom. The molecule has 0 atom stereocenters. The van der Waals surface area contributed by atoms with Crippen LogP contribution in [0, 0.1) is 0 Å². The minimum atomic E-state index is -0.613. The maximum atomic E-state index is 13.8. The quantitative estimate of drug-likeness (QED) is 0.0356. The van der Waals surface area contributed by atoms with Crippen LogP contribution in [0.4, 0.5) is 0 Å². The van der Waals surface area contributed by atoms with Crippen LogP contribution in [0.25, 0.3) is 21.5 Å². The van der Waals surface area contributed by atoms with Gasteiger partial charge in [-0.1, -0.05) is 24.3 Å². The molecule has 6 aromatic rings. The number of ether oxygens (including phenoxy) is 18. The molecule has 96 heavy (non-hydrogen) atoms. The van der Waals surface area contributed by atoms with E-state index in [1.165, 1.54) is 30.5 Å². The SMILES string of the molecule is O=C(OCCOCCOCCOCCN1C(=O)c2ccc3c4c(ccc(c24)C1=O)C(=O)N(CCOCCOCCOCCOC(=O)c1cc2cc(c1)OCCOCCOCCOCCOc1cccc4c(cccc14)OCCOCCOCCOCCO2)C3=O)c1cccnc1. The number of fused-ring (bicyclic) bond motifs is 2. The van der Waals surface area contributed by atoms with Gasteiger partial charge in [-0.2, -0.15) is 0 Å². The van der Waals surface area contributed by atoms with Gasteiger partial charge in [-0.05, 0) is 60.7 Å². The molecule has 5 aromatic carbocycles. The molecule has 0 fully saturated rings. The molecule has 3 aliphatic heterocycles. The smallest absolute Gasteiger partial charge is 0.339 e. The maximum Gasteiger partial charge on any atom is 0.339 e. The van der Waals surface area contributed by atoms with E-state index in [9.17, 15) is 28.8 Å². The Hall–Kier alpha value is -8.29. The summed E-state index contributed by atoms with van der Waals surface area (Å²) in [5.41, 5.74) is 1.34. The van der Waals surface area contributed by atoms with Crippen molar-refractivity contribution < 1.29 is 114 Å². The molecule has 27 nitrogen and oxygen atoms in total. The first-order chi connectivity index (χ1) is 47.3. The lowest BCUT2D eigenvalue weighted by Gasteiger charge is -2.31. The second-order valence-electron chi connectivity index (χ2n) is 21.2. The van der Waals surface area contributed by atoms with Crippen molar-refractivity contribution >= 4 is 57.1 Å². The Balaban J connectivity index is 0.620. The van der Waals surface area contributed by atoms with Gasteiger partial charge in [0, 0.05) is 62.3 Å². The van der Waals surface area contributed by atoms with Crippen molar-refractivity contribution in [1.82, 2.24) is 14.8 Å². The molecule has 4 heterocycles. The third-order valence-electron chi connectivity index (χ3n) is 14.7. The van der Waals surface area contributed by atoms with Gasteiger partial charge in [0.25, 0.3) is 23.6 Å². The van der Waals surface area contributed by atoms with Gasteiger partial charge in [0.05, 0.1) is 183 Å². The highest BCUT2D eigenvalue weighted by Crippen LogP contribution is 2.38. The fourth-order valence-corrected chi connectivity index (χ4v) is 10.1. The van der Waals surface area contributed by atoms with Crippen LogP contribution in [-0.2, 0) is 66.3 Å². The highest BCUT2D eigenvalue weighted by Gasteiger charge is 2.39. The number of pyridine rings is 1. The van der Waals surface area contributed by atoms with Crippen LogP contribution in [-0.4, -0.2) is 262 Å². The van der Waals surface area contributed by atoms with Crippen molar-refractivity contribution in [2.24, 2.45) is 0 Å². The third-order valence-corrected chi connectivity index (χ3v) is 14.7. The molecule has 0 saturated heterocycles. The molecule has 0 spiro atoms. The van der Waals surface area contributed by atoms with Gasteiger partial charge < -0.3 is 85.3 Å². The van der Waals surface area contributed by atoms with E-state index in [2.05, 4.69) is 4.98 Å². The molecule has 4 amide bonds. The molecule has 3 aliphatic rings. The Bertz CT molecular complexity index is 3310. The van der Waals surface area contributed by atoms with E-state index in [4.69, 9.17) is 85.3 Å². The fraction of sp³-hybridized carbons (Fsp3) is 0.464. The Morgan fingerprint density at radius 2 is 0.688 bits per heavy atom. The second kappa shape index (κ2) is 40.3. The number of hydrogen-bond donors (Lipinski definition) is 0. The van der Waals surface area contributed by atoms with Crippen LogP contribution in [0.2, 0.25) is 0 Å². The molecule has 0 saturated carbocycles. The lowest BCUT2D eigenvalue weighted by molar-refractivity contribution is -0.00129. The van der Waals surface area contributed by atoms with Crippen molar-refractivity contribution in [2.75, 3.05) is 211 Å². The number of carbonyl (C=O) groups is 6. The summed E-state index contributed by atoms with van der Waals surface area (Å²) in [4.78, 5) is 86.2. The van der Waals surface area contributed by atoms with E-state index < -0.39 is 35.6 Å². The zero-order valence-electron chi connectivity index (χ0n) is 53.6. The van der Waals surface area contributed by atoms with Crippen molar-refractivity contribution in [3.63, 3.8) is 0 Å². The van der Waals surface area contributed by atoms with Gasteiger partial charge in [-0.15, -0.1) is 0 Å². The average molecular weight is 1340 g/mol. The van der Waals surface area contributed by atoms with Crippen LogP contribution in [0.3, 0.4) is 0 Å². The molecule has 9 rings (SSSR count). The molecule has 1 aromatic heterocycles. The first kappa shape index (κ1) is 72.0. The van der Waals surface area contributed by atoms with Gasteiger partial charge in [-0.25, -0.2) is 9.59 Å². The van der Waals surface area contributed by atoms with E-state index in [0.717, 1.165) is 32.1 Å². The molecular formula is C69H81N3O24. The summed E-state index contributed by atoms with van der Waals surface area (Å²) in [5.74, 6) is -1.15. The summed E-state index contributed by atoms with van der Waals surface area (Å²) in [5, 5.41) is 2.41. The molecule has 27 heteroatoms. The Kier molecular flexibility index (Phi) is 30.2. The molecular weight excluding hydrogens is 1250 g/mol. The highest BCUT2D eigenvalue weighted by molar-refractivity contribution is 6.33. The number of aromatic nitrogens is 1. The van der Waals surface area contributed by atoms with Gasteiger partial charge in [-0.3, -0.25) is 34.0 Å². The summed E-state index contributed by atoms with van der Waals surface area (Å²) in [7, 11) is 0. The van der Waals surface area contributed by atoms with E-state index in [1.807, 2.05) is 36.4 Å². The largest absolute Gasteiger partial charge is 0.491 e. The normalized spacial score (nSPS) is 16.0. The first-order valence-corrected chi connectivity index (χ1v) is 31.9. The van der Waals surface area contributed by atoms with Gasteiger partial charge in [0.15, 0.2) is 0 Å². The van der Waals surface area contributed by atoms with Crippen molar-refractivity contribution in [3.8, 4) is 23.0 Å². The molecule has 0 radical (unpaired) electrons. The monoisotopic (exact) mass is 1340 g/mol. The lowest BCUT2D eigenvalue weighted by Crippen LogP contribution is -2.45. The minimum Gasteiger partial charge on any atom is -0.491 e. The average Bonchev–Trinajstić information content (AvgIpc) is 0.715. The van der Waals surface area contributed by atoms with Crippen molar-refractivity contribution in [3.05, 3.63) is 137 Å². The third kappa shape index (κ3) is 21.9. The summed E-state index contributed by atoms with van der Waals surface area (Å²) in [6, 6.07) is 25.7. The van der Waals surface area contributed by atoms with Crippen LogP contribution >= 0.6 is 0 Å². The molecule has 0 aliphatic carbocycles. The predicted molar refractivity (Wildman–Crippen MR) is 342 cm³/mol. The van der Waals surface area contributed by atoms with Gasteiger partial charge in [0.1, 0.15) is 62.6 Å². The van der Waals surface area contributed by atoms with E-state index in [1.54, 1.807) is 36.5 Å². The number of carbonyl (C=O) groups excluding carboxylic acids is 6. The molecule has 0 unspecified atom stereocenters. The number of hydrogen-bond acceptors (Lipinski definition) is 25.